The predicted octanol–water partition coefficient (Wildman–Crippen LogP) is 0.996. The van der Waals surface area contributed by atoms with Gasteiger partial charge in [0.1, 0.15) is 6.54 Å². The summed E-state index contributed by atoms with van der Waals surface area (Å²) in [5.74, 6) is 0.539. The first-order valence-corrected chi connectivity index (χ1v) is 6.73. The predicted molar refractivity (Wildman–Crippen MR) is 75.9 cm³/mol. The van der Waals surface area contributed by atoms with Crippen molar-refractivity contribution in [2.75, 3.05) is 26.8 Å². The molecule has 0 spiro atoms. The maximum atomic E-state index is 11.7. The van der Waals surface area contributed by atoms with Crippen molar-refractivity contribution < 1.29 is 9.53 Å². The third-order valence-corrected chi connectivity index (χ3v) is 2.66. The molecule has 19 heavy (non-hydrogen) atoms. The van der Waals surface area contributed by atoms with Gasteiger partial charge in [0.05, 0.1) is 6.61 Å². The Morgan fingerprint density at radius 1 is 1.47 bits per heavy atom. The van der Waals surface area contributed by atoms with E-state index in [2.05, 4.69) is 24.5 Å². The quantitative estimate of drug-likeness (QED) is 0.656. The largest absolute Gasteiger partial charge is 0.383 e. The molecular weight excluding hydrogens is 242 g/mol. The summed E-state index contributed by atoms with van der Waals surface area (Å²) in [4.78, 5) is 11.7. The van der Waals surface area contributed by atoms with E-state index in [-0.39, 0.29) is 5.91 Å². The fourth-order valence-corrected chi connectivity index (χ4v) is 1.64. The van der Waals surface area contributed by atoms with Gasteiger partial charge in [-0.2, -0.15) is 0 Å². The fourth-order valence-electron chi connectivity index (χ4n) is 1.64. The average Bonchev–Trinajstić information content (AvgIpc) is 2.80. The molecule has 108 valence electrons. The molecule has 5 heteroatoms. The average molecular weight is 267 g/mol. The Kier molecular flexibility index (Phi) is 7.22. The molecule has 0 aromatic carbocycles. The lowest BCUT2D eigenvalue weighted by Gasteiger charge is -2.08. The summed E-state index contributed by atoms with van der Waals surface area (Å²) < 4.78 is 6.87. The van der Waals surface area contributed by atoms with E-state index in [0.29, 0.717) is 19.1 Å². The third kappa shape index (κ3) is 6.98. The molecule has 1 aromatic heterocycles. The van der Waals surface area contributed by atoms with Crippen LogP contribution in [0.3, 0.4) is 0 Å². The molecule has 0 bridgehead atoms. The lowest BCUT2D eigenvalue weighted by molar-refractivity contribution is -0.121. The van der Waals surface area contributed by atoms with Crippen molar-refractivity contribution in [2.24, 2.45) is 5.92 Å². The lowest BCUT2D eigenvalue weighted by atomic mass is 10.2. The highest BCUT2D eigenvalue weighted by molar-refractivity contribution is 5.75. The van der Waals surface area contributed by atoms with E-state index < -0.39 is 0 Å². The van der Waals surface area contributed by atoms with Crippen LogP contribution in [0, 0.1) is 5.92 Å². The Morgan fingerprint density at radius 2 is 2.26 bits per heavy atom. The van der Waals surface area contributed by atoms with E-state index in [1.807, 2.05) is 23.0 Å². The summed E-state index contributed by atoms with van der Waals surface area (Å²) >= 11 is 0. The standard InChI is InChI=1S/C14H25N3O2/c1-12(2)8-16-14(18)11-17-6-4-13(10-17)9-15-5-7-19-3/h4,6,10,12,15H,5,7-9,11H2,1-3H3,(H,16,18). The summed E-state index contributed by atoms with van der Waals surface area (Å²) in [6, 6.07) is 2.02. The zero-order chi connectivity index (χ0) is 14.1. The van der Waals surface area contributed by atoms with Crippen LogP contribution in [0.5, 0.6) is 0 Å². The van der Waals surface area contributed by atoms with Crippen LogP contribution in [0.2, 0.25) is 0 Å². The monoisotopic (exact) mass is 267 g/mol. The number of hydrogen-bond donors (Lipinski definition) is 2. The van der Waals surface area contributed by atoms with Gasteiger partial charge in [-0.1, -0.05) is 13.8 Å². The number of carbonyl (C=O) groups excluding carboxylic acids is 1. The Bertz CT molecular complexity index is 375. The molecule has 0 aliphatic carbocycles. The van der Waals surface area contributed by atoms with Crippen LogP contribution < -0.4 is 10.6 Å². The Hall–Kier alpha value is -1.33. The molecule has 1 rings (SSSR count). The van der Waals surface area contributed by atoms with Gasteiger partial charge >= 0.3 is 0 Å². The molecule has 0 saturated carbocycles. The van der Waals surface area contributed by atoms with Gasteiger partial charge in [0.25, 0.3) is 0 Å². The zero-order valence-electron chi connectivity index (χ0n) is 12.1. The number of methoxy groups -OCH3 is 1. The van der Waals surface area contributed by atoms with Crippen LogP contribution in [-0.4, -0.2) is 37.3 Å². The van der Waals surface area contributed by atoms with E-state index >= 15 is 0 Å². The molecule has 1 amide bonds. The summed E-state index contributed by atoms with van der Waals surface area (Å²) in [6.45, 7) is 7.61. The minimum atomic E-state index is 0.0585. The van der Waals surface area contributed by atoms with E-state index in [9.17, 15) is 4.79 Å². The SMILES string of the molecule is COCCNCc1ccn(CC(=O)NCC(C)C)c1. The molecule has 5 nitrogen and oxygen atoms in total. The first-order chi connectivity index (χ1) is 9.11. The van der Waals surface area contributed by atoms with Crippen LogP contribution in [0.4, 0.5) is 0 Å². The molecule has 0 fully saturated rings. The van der Waals surface area contributed by atoms with E-state index in [4.69, 9.17) is 4.74 Å². The lowest BCUT2D eigenvalue weighted by Crippen LogP contribution is -2.30. The molecule has 0 radical (unpaired) electrons. The van der Waals surface area contributed by atoms with Gasteiger partial charge in [-0.05, 0) is 17.5 Å². The normalized spacial score (nSPS) is 10.9. The minimum absolute atomic E-state index is 0.0585. The van der Waals surface area contributed by atoms with E-state index in [0.717, 1.165) is 19.6 Å². The Labute approximate surface area is 115 Å². The molecule has 0 unspecified atom stereocenters. The summed E-state index contributed by atoms with van der Waals surface area (Å²) in [7, 11) is 1.69. The highest BCUT2D eigenvalue weighted by Crippen LogP contribution is 2.01. The molecule has 2 N–H and O–H groups in total. The topological polar surface area (TPSA) is 55.3 Å². The zero-order valence-corrected chi connectivity index (χ0v) is 12.1. The van der Waals surface area contributed by atoms with Gasteiger partial charge in [-0.25, -0.2) is 0 Å². The second kappa shape index (κ2) is 8.72. The van der Waals surface area contributed by atoms with E-state index in [1.54, 1.807) is 7.11 Å². The molecular formula is C14H25N3O2. The number of ether oxygens (including phenoxy) is 1. The number of rotatable bonds is 9. The van der Waals surface area contributed by atoms with Crippen LogP contribution in [0.1, 0.15) is 19.4 Å². The molecule has 1 aromatic rings. The molecule has 1 heterocycles. The fraction of sp³-hybridized carbons (Fsp3) is 0.643. The summed E-state index contributed by atoms with van der Waals surface area (Å²) in [6.07, 6.45) is 3.93. The van der Waals surface area contributed by atoms with Crippen molar-refractivity contribution >= 4 is 5.91 Å². The molecule has 0 aliphatic heterocycles. The van der Waals surface area contributed by atoms with Crippen LogP contribution in [0.15, 0.2) is 18.5 Å². The Balaban J connectivity index is 2.27. The van der Waals surface area contributed by atoms with Crippen molar-refractivity contribution in [3.8, 4) is 0 Å². The first kappa shape index (κ1) is 15.7. The maximum Gasteiger partial charge on any atom is 0.239 e. The number of amides is 1. The number of nitrogens with zero attached hydrogens (tertiary/aromatic N) is 1. The van der Waals surface area contributed by atoms with Gasteiger partial charge in [0, 0.05) is 39.1 Å². The van der Waals surface area contributed by atoms with Crippen molar-refractivity contribution in [3.05, 3.63) is 24.0 Å². The van der Waals surface area contributed by atoms with Crippen LogP contribution in [0.25, 0.3) is 0 Å². The van der Waals surface area contributed by atoms with Gasteiger partial charge in [0.15, 0.2) is 0 Å². The second-order valence-corrected chi connectivity index (χ2v) is 5.06. The number of carbonyl (C=O) groups is 1. The van der Waals surface area contributed by atoms with Crippen LogP contribution >= 0.6 is 0 Å². The van der Waals surface area contributed by atoms with Gasteiger partial charge in [-0.3, -0.25) is 4.79 Å². The summed E-state index contributed by atoms with van der Waals surface area (Å²) in [5.41, 5.74) is 1.17. The number of aromatic nitrogens is 1. The summed E-state index contributed by atoms with van der Waals surface area (Å²) in [5, 5.41) is 6.18. The molecule has 0 atom stereocenters. The van der Waals surface area contributed by atoms with Crippen molar-refractivity contribution in [2.45, 2.75) is 26.9 Å². The highest BCUT2D eigenvalue weighted by Gasteiger charge is 2.04. The van der Waals surface area contributed by atoms with Gasteiger partial charge in [-0.15, -0.1) is 0 Å². The van der Waals surface area contributed by atoms with Crippen molar-refractivity contribution in [1.82, 2.24) is 15.2 Å². The second-order valence-electron chi connectivity index (χ2n) is 5.06. The number of hydrogen-bond acceptors (Lipinski definition) is 3. The maximum absolute atomic E-state index is 11.7. The number of nitrogens with one attached hydrogen (secondary N) is 2. The van der Waals surface area contributed by atoms with Crippen molar-refractivity contribution in [3.63, 3.8) is 0 Å². The van der Waals surface area contributed by atoms with E-state index in [1.165, 1.54) is 5.56 Å². The Morgan fingerprint density at radius 3 is 2.95 bits per heavy atom. The first-order valence-electron chi connectivity index (χ1n) is 6.73. The molecule has 0 aliphatic rings. The third-order valence-electron chi connectivity index (χ3n) is 2.66. The smallest absolute Gasteiger partial charge is 0.239 e. The minimum Gasteiger partial charge on any atom is -0.383 e. The van der Waals surface area contributed by atoms with Crippen LogP contribution in [-0.2, 0) is 22.6 Å². The van der Waals surface area contributed by atoms with Gasteiger partial charge < -0.3 is 19.9 Å². The highest BCUT2D eigenvalue weighted by atomic mass is 16.5. The van der Waals surface area contributed by atoms with Crippen molar-refractivity contribution in [1.29, 1.82) is 0 Å². The molecule has 0 saturated heterocycles. The van der Waals surface area contributed by atoms with Gasteiger partial charge in [0.2, 0.25) is 5.91 Å².